The molecule has 0 bridgehead atoms. The highest BCUT2D eigenvalue weighted by molar-refractivity contribution is 6.29. The molecule has 0 radical (unpaired) electrons. The smallest absolute Gasteiger partial charge is 0.258 e. The average molecular weight is 236 g/mol. The summed E-state index contributed by atoms with van der Waals surface area (Å²) < 4.78 is 0. The van der Waals surface area contributed by atoms with E-state index in [1.807, 2.05) is 0 Å². The minimum Gasteiger partial charge on any atom is -0.258 e. The van der Waals surface area contributed by atoms with Gasteiger partial charge < -0.3 is 0 Å². The summed E-state index contributed by atoms with van der Waals surface area (Å²) in [5.41, 5.74) is 0.806. The van der Waals surface area contributed by atoms with Crippen LogP contribution >= 0.6 is 11.6 Å². The third-order valence-electron chi connectivity index (χ3n) is 1.98. The average Bonchev–Trinajstić information content (AvgIpc) is 2.30. The van der Waals surface area contributed by atoms with E-state index >= 15 is 0 Å². The minimum atomic E-state index is -0.475. The predicted octanol–water partition coefficient (Wildman–Crippen LogP) is 2.71. The molecule has 0 N–H and O–H groups in total. The van der Waals surface area contributed by atoms with Crippen molar-refractivity contribution < 1.29 is 4.92 Å². The lowest BCUT2D eigenvalue weighted by molar-refractivity contribution is -0.384. The van der Waals surface area contributed by atoms with Gasteiger partial charge in [-0.3, -0.25) is 10.1 Å². The molecule has 0 amide bonds. The molecule has 16 heavy (non-hydrogen) atoms. The van der Waals surface area contributed by atoms with Crippen molar-refractivity contribution in [2.45, 2.75) is 0 Å². The fourth-order valence-electron chi connectivity index (χ4n) is 1.28. The lowest BCUT2D eigenvalue weighted by atomic mass is 10.1. The molecule has 2 heterocycles. The molecule has 0 unspecified atom stereocenters. The summed E-state index contributed by atoms with van der Waals surface area (Å²) in [7, 11) is 0. The molecular formula is C10H6ClN3O2. The number of nitrogens with zero attached hydrogens (tertiary/aromatic N) is 3. The van der Waals surface area contributed by atoms with Crippen LogP contribution in [-0.2, 0) is 0 Å². The molecule has 5 nitrogen and oxygen atoms in total. The molecule has 0 fully saturated rings. The zero-order chi connectivity index (χ0) is 11.5. The van der Waals surface area contributed by atoms with Gasteiger partial charge in [-0.2, -0.15) is 0 Å². The normalized spacial score (nSPS) is 10.1. The summed E-state index contributed by atoms with van der Waals surface area (Å²) in [5, 5.41) is 11.1. The summed E-state index contributed by atoms with van der Waals surface area (Å²) in [6.07, 6.45) is 2.95. The van der Waals surface area contributed by atoms with Crippen LogP contribution < -0.4 is 0 Å². The van der Waals surface area contributed by atoms with Crippen LogP contribution in [0, 0.1) is 10.1 Å². The first-order valence-corrected chi connectivity index (χ1v) is 4.77. The first-order valence-electron chi connectivity index (χ1n) is 4.40. The molecule has 0 spiro atoms. The highest BCUT2D eigenvalue weighted by Crippen LogP contribution is 2.26. The molecule has 0 saturated carbocycles. The summed E-state index contributed by atoms with van der Waals surface area (Å²) in [5.74, 6) is 0. The van der Waals surface area contributed by atoms with Gasteiger partial charge >= 0.3 is 0 Å². The summed E-state index contributed by atoms with van der Waals surface area (Å²) in [4.78, 5) is 18.1. The molecule has 2 aromatic heterocycles. The van der Waals surface area contributed by atoms with Crippen LogP contribution in [-0.4, -0.2) is 14.9 Å². The van der Waals surface area contributed by atoms with Gasteiger partial charge in [0.15, 0.2) is 0 Å². The Bertz CT molecular complexity index is 528. The van der Waals surface area contributed by atoms with Crippen LogP contribution in [0.25, 0.3) is 11.3 Å². The fraction of sp³-hybridized carbons (Fsp3) is 0. The second-order valence-electron chi connectivity index (χ2n) is 3.00. The number of halogens is 1. The van der Waals surface area contributed by atoms with Crippen LogP contribution in [0.15, 0.2) is 36.7 Å². The van der Waals surface area contributed by atoms with Crippen LogP contribution in [0.1, 0.15) is 0 Å². The van der Waals surface area contributed by atoms with E-state index in [0.717, 1.165) is 0 Å². The molecule has 0 aromatic carbocycles. The molecular weight excluding hydrogens is 230 g/mol. The van der Waals surface area contributed by atoms with Crippen LogP contribution in [0.2, 0.25) is 5.15 Å². The molecule has 0 aliphatic carbocycles. The molecule has 2 aromatic rings. The number of nitro groups is 1. The third kappa shape index (κ3) is 1.99. The third-order valence-corrected chi connectivity index (χ3v) is 2.21. The predicted molar refractivity (Wildman–Crippen MR) is 59.1 cm³/mol. The van der Waals surface area contributed by atoms with E-state index < -0.39 is 4.92 Å². The first kappa shape index (κ1) is 10.5. The van der Waals surface area contributed by atoms with E-state index in [4.69, 9.17) is 11.6 Å². The maximum absolute atomic E-state index is 10.8. The van der Waals surface area contributed by atoms with Gasteiger partial charge in [-0.1, -0.05) is 11.6 Å². The van der Waals surface area contributed by atoms with Gasteiger partial charge in [0.2, 0.25) is 0 Å². The van der Waals surface area contributed by atoms with Crippen molar-refractivity contribution in [3.63, 3.8) is 0 Å². The Morgan fingerprint density at radius 2 is 2.06 bits per heavy atom. The zero-order valence-corrected chi connectivity index (χ0v) is 8.76. The zero-order valence-electron chi connectivity index (χ0n) is 8.00. The van der Waals surface area contributed by atoms with E-state index in [0.29, 0.717) is 10.7 Å². The van der Waals surface area contributed by atoms with E-state index in [9.17, 15) is 10.1 Å². The number of aromatic nitrogens is 2. The Hall–Kier alpha value is -2.01. The quantitative estimate of drug-likeness (QED) is 0.456. The van der Waals surface area contributed by atoms with Crippen LogP contribution in [0.5, 0.6) is 0 Å². The minimum absolute atomic E-state index is 0.0494. The van der Waals surface area contributed by atoms with E-state index in [1.54, 1.807) is 12.1 Å². The second-order valence-corrected chi connectivity index (χ2v) is 3.39. The monoisotopic (exact) mass is 235 g/mol. The van der Waals surface area contributed by atoms with Gasteiger partial charge in [0, 0.05) is 24.0 Å². The van der Waals surface area contributed by atoms with Gasteiger partial charge in [-0.25, -0.2) is 9.97 Å². The fourth-order valence-corrected chi connectivity index (χ4v) is 1.39. The maximum Gasteiger partial charge on any atom is 0.295 e. The molecule has 6 heteroatoms. The highest BCUT2D eigenvalue weighted by Gasteiger charge is 2.15. The molecule has 0 aliphatic rings. The van der Waals surface area contributed by atoms with Gasteiger partial charge in [-0.15, -0.1) is 0 Å². The topological polar surface area (TPSA) is 68.9 Å². The lowest BCUT2D eigenvalue weighted by Gasteiger charge is -2.00. The summed E-state index contributed by atoms with van der Waals surface area (Å²) in [6, 6.07) is 6.13. The Kier molecular flexibility index (Phi) is 2.78. The van der Waals surface area contributed by atoms with E-state index in [2.05, 4.69) is 9.97 Å². The van der Waals surface area contributed by atoms with Crippen molar-refractivity contribution in [3.8, 4) is 11.3 Å². The molecule has 80 valence electrons. The number of rotatable bonds is 2. The van der Waals surface area contributed by atoms with Crippen molar-refractivity contribution in [2.24, 2.45) is 0 Å². The van der Waals surface area contributed by atoms with Crippen LogP contribution in [0.4, 0.5) is 5.69 Å². The number of hydrogen-bond acceptors (Lipinski definition) is 4. The van der Waals surface area contributed by atoms with Crippen molar-refractivity contribution in [1.29, 1.82) is 0 Å². The van der Waals surface area contributed by atoms with Gasteiger partial charge in [-0.05, 0) is 18.2 Å². The Morgan fingerprint density at radius 1 is 1.25 bits per heavy atom. The van der Waals surface area contributed by atoms with Crippen molar-refractivity contribution in [3.05, 3.63) is 51.9 Å². The van der Waals surface area contributed by atoms with E-state index in [-0.39, 0.29) is 11.4 Å². The van der Waals surface area contributed by atoms with Crippen LogP contribution in [0.3, 0.4) is 0 Å². The Labute approximate surface area is 95.9 Å². The maximum atomic E-state index is 10.8. The van der Waals surface area contributed by atoms with Gasteiger partial charge in [0.25, 0.3) is 5.69 Å². The molecule has 2 rings (SSSR count). The van der Waals surface area contributed by atoms with Gasteiger partial charge in [0.05, 0.1) is 4.92 Å². The molecule has 0 atom stereocenters. The number of pyridine rings is 2. The second kappa shape index (κ2) is 4.24. The lowest BCUT2D eigenvalue weighted by Crippen LogP contribution is -1.94. The molecule has 0 saturated heterocycles. The largest absolute Gasteiger partial charge is 0.295 e. The van der Waals surface area contributed by atoms with Crippen molar-refractivity contribution in [1.82, 2.24) is 9.97 Å². The van der Waals surface area contributed by atoms with Gasteiger partial charge in [0.1, 0.15) is 10.8 Å². The number of hydrogen-bond donors (Lipinski definition) is 0. The standard InChI is InChI=1S/C10H6ClN3O2/c11-9-4-3-7(6-13-9)10-8(14(15)16)2-1-5-12-10/h1-6H. The summed E-state index contributed by atoms with van der Waals surface area (Å²) in [6.45, 7) is 0. The Balaban J connectivity index is 2.55. The Morgan fingerprint density at radius 3 is 2.69 bits per heavy atom. The highest BCUT2D eigenvalue weighted by atomic mass is 35.5. The van der Waals surface area contributed by atoms with E-state index in [1.165, 1.54) is 24.5 Å². The van der Waals surface area contributed by atoms with Crippen molar-refractivity contribution in [2.75, 3.05) is 0 Å². The summed E-state index contributed by atoms with van der Waals surface area (Å²) >= 11 is 5.64. The first-order chi connectivity index (χ1) is 7.68. The van der Waals surface area contributed by atoms with Crippen molar-refractivity contribution >= 4 is 17.3 Å². The SMILES string of the molecule is O=[N+]([O-])c1cccnc1-c1ccc(Cl)nc1. The molecule has 0 aliphatic heterocycles.